The molecule has 1 aromatic carbocycles. The largest absolute Gasteiger partial charge is 0.295 e. The quantitative estimate of drug-likeness (QED) is 0.814. The van der Waals surface area contributed by atoms with E-state index in [2.05, 4.69) is 0 Å². The summed E-state index contributed by atoms with van der Waals surface area (Å²) >= 11 is 0. The van der Waals surface area contributed by atoms with Gasteiger partial charge in [-0.25, -0.2) is 12.4 Å². The lowest BCUT2D eigenvalue weighted by molar-refractivity contribution is -0.112. The van der Waals surface area contributed by atoms with Gasteiger partial charge in [-0.05, 0) is 42.8 Å². The summed E-state index contributed by atoms with van der Waals surface area (Å²) in [6, 6.07) is 9.83. The van der Waals surface area contributed by atoms with Gasteiger partial charge < -0.3 is 0 Å². The van der Waals surface area contributed by atoms with E-state index in [-0.39, 0.29) is 10.7 Å². The molecule has 0 aliphatic rings. The van der Waals surface area contributed by atoms with Crippen LogP contribution >= 0.6 is 0 Å². The van der Waals surface area contributed by atoms with Crippen LogP contribution in [0.15, 0.2) is 59.8 Å². The molecule has 0 saturated heterocycles. The monoisotopic (exact) mass is 305 g/mol. The molecule has 2 rings (SSSR count). The van der Waals surface area contributed by atoms with Gasteiger partial charge in [0, 0.05) is 12.4 Å². The Labute approximate surface area is 125 Å². The Bertz CT molecular complexity index is 713. The van der Waals surface area contributed by atoms with Crippen molar-refractivity contribution in [2.24, 2.45) is 0 Å². The first kappa shape index (κ1) is 16.9. The number of allylic oxidation sites excluding steroid dienone is 1. The van der Waals surface area contributed by atoms with Gasteiger partial charge in [-0.15, -0.1) is 0 Å². The van der Waals surface area contributed by atoms with Crippen LogP contribution in [0.4, 0.5) is 0 Å². The summed E-state index contributed by atoms with van der Waals surface area (Å²) < 4.78 is 25.7. The highest BCUT2D eigenvalue weighted by Crippen LogP contribution is 2.15. The van der Waals surface area contributed by atoms with Crippen LogP contribution in [0.5, 0.6) is 0 Å². The summed E-state index contributed by atoms with van der Waals surface area (Å²) in [4.78, 5) is 11.1. The van der Waals surface area contributed by atoms with E-state index in [0.29, 0.717) is 5.56 Å². The van der Waals surface area contributed by atoms with Crippen LogP contribution < -0.4 is 0 Å². The highest BCUT2D eigenvalue weighted by molar-refractivity contribution is 7.90. The van der Waals surface area contributed by atoms with Crippen molar-refractivity contribution < 1.29 is 13.2 Å². The van der Waals surface area contributed by atoms with E-state index in [1.807, 2.05) is 13.8 Å². The molecular formula is C16H19NO3S. The van der Waals surface area contributed by atoms with Crippen molar-refractivity contribution in [1.29, 1.82) is 0 Å². The molecule has 0 bridgehead atoms. The molecule has 0 unspecified atom stereocenters. The summed E-state index contributed by atoms with van der Waals surface area (Å²) in [5.41, 5.74) is 0.662. The molecular weight excluding hydrogens is 286 g/mol. The standard InChI is InChI=1S/C14H13NO3S.C2H6/c1-12(16)7-8-13-9-10-15(11-13)19(17,18)14-5-3-2-4-6-14;1-2/h2-11H,1H3;1-2H3/b8-7+;. The Kier molecular flexibility index (Phi) is 6.11. The van der Waals surface area contributed by atoms with E-state index >= 15 is 0 Å². The first-order chi connectivity index (χ1) is 10.00. The number of carbonyl (C=O) groups excluding carboxylic acids is 1. The topological polar surface area (TPSA) is 56.1 Å². The van der Waals surface area contributed by atoms with Gasteiger partial charge in [0.05, 0.1) is 4.90 Å². The predicted octanol–water partition coefficient (Wildman–Crippen LogP) is 3.35. The molecule has 1 aromatic heterocycles. The highest BCUT2D eigenvalue weighted by Gasteiger charge is 2.15. The van der Waals surface area contributed by atoms with Crippen LogP contribution in [-0.4, -0.2) is 18.2 Å². The molecule has 0 radical (unpaired) electrons. The van der Waals surface area contributed by atoms with E-state index in [4.69, 9.17) is 0 Å². The van der Waals surface area contributed by atoms with E-state index < -0.39 is 10.0 Å². The van der Waals surface area contributed by atoms with Crippen LogP contribution in [0, 0.1) is 0 Å². The zero-order chi connectivity index (χ0) is 15.9. The molecule has 4 nitrogen and oxygen atoms in total. The fourth-order valence-electron chi connectivity index (χ4n) is 1.57. The van der Waals surface area contributed by atoms with E-state index in [0.717, 1.165) is 3.97 Å². The first-order valence-corrected chi connectivity index (χ1v) is 8.11. The second-order valence-corrected chi connectivity index (χ2v) is 5.88. The van der Waals surface area contributed by atoms with Crippen LogP contribution in [0.25, 0.3) is 6.08 Å². The maximum atomic E-state index is 12.3. The fourth-order valence-corrected chi connectivity index (χ4v) is 2.79. The van der Waals surface area contributed by atoms with Gasteiger partial charge in [0.15, 0.2) is 5.78 Å². The molecule has 0 amide bonds. The summed E-state index contributed by atoms with van der Waals surface area (Å²) in [6.07, 6.45) is 5.91. The molecule has 0 spiro atoms. The third kappa shape index (κ3) is 4.43. The lowest BCUT2D eigenvalue weighted by atomic mass is 10.3. The number of benzene rings is 1. The summed E-state index contributed by atoms with van der Waals surface area (Å²) in [6.45, 7) is 5.44. The zero-order valence-electron chi connectivity index (χ0n) is 12.4. The second-order valence-electron chi connectivity index (χ2n) is 4.04. The predicted molar refractivity (Wildman–Crippen MR) is 84.5 cm³/mol. The van der Waals surface area contributed by atoms with Crippen LogP contribution in [-0.2, 0) is 14.8 Å². The number of aromatic nitrogens is 1. The average Bonchev–Trinajstić information content (AvgIpc) is 2.98. The highest BCUT2D eigenvalue weighted by atomic mass is 32.2. The van der Waals surface area contributed by atoms with Crippen LogP contribution in [0.3, 0.4) is 0 Å². The molecule has 5 heteroatoms. The number of rotatable bonds is 4. The normalized spacial score (nSPS) is 11.0. The molecule has 0 saturated carbocycles. The van der Waals surface area contributed by atoms with E-state index in [9.17, 15) is 13.2 Å². The minimum atomic E-state index is -3.56. The fraction of sp³-hybridized carbons (Fsp3) is 0.188. The van der Waals surface area contributed by atoms with Gasteiger partial charge in [0.25, 0.3) is 10.0 Å². The lowest BCUT2D eigenvalue weighted by Gasteiger charge is -2.04. The molecule has 112 valence electrons. The van der Waals surface area contributed by atoms with Gasteiger partial charge >= 0.3 is 0 Å². The zero-order valence-corrected chi connectivity index (χ0v) is 13.2. The molecule has 0 fully saturated rings. The van der Waals surface area contributed by atoms with Gasteiger partial charge in [0.1, 0.15) is 0 Å². The van der Waals surface area contributed by atoms with Gasteiger partial charge in [-0.2, -0.15) is 0 Å². The second kappa shape index (κ2) is 7.59. The van der Waals surface area contributed by atoms with Gasteiger partial charge in [-0.3, -0.25) is 4.79 Å². The lowest BCUT2D eigenvalue weighted by Crippen LogP contribution is -2.10. The summed E-state index contributed by atoms with van der Waals surface area (Å²) in [5, 5.41) is 0. The molecule has 2 aromatic rings. The average molecular weight is 305 g/mol. The molecule has 1 heterocycles. The van der Waals surface area contributed by atoms with Crippen molar-refractivity contribution in [2.75, 3.05) is 0 Å². The summed E-state index contributed by atoms with van der Waals surface area (Å²) in [7, 11) is -3.56. The third-order valence-corrected chi connectivity index (χ3v) is 4.17. The smallest absolute Gasteiger partial charge is 0.267 e. The molecule has 0 aliphatic carbocycles. The van der Waals surface area contributed by atoms with E-state index in [1.54, 1.807) is 42.5 Å². The maximum absolute atomic E-state index is 12.3. The Morgan fingerprint density at radius 1 is 1.10 bits per heavy atom. The Morgan fingerprint density at radius 2 is 1.71 bits per heavy atom. The van der Waals surface area contributed by atoms with Crippen molar-refractivity contribution in [2.45, 2.75) is 25.7 Å². The minimum Gasteiger partial charge on any atom is -0.295 e. The number of nitrogens with zero attached hydrogens (tertiary/aromatic N) is 1. The first-order valence-electron chi connectivity index (χ1n) is 6.67. The van der Waals surface area contributed by atoms with Crippen molar-refractivity contribution in [3.63, 3.8) is 0 Å². The van der Waals surface area contributed by atoms with E-state index in [1.165, 1.54) is 25.4 Å². The number of hydrogen-bond acceptors (Lipinski definition) is 3. The van der Waals surface area contributed by atoms with Crippen molar-refractivity contribution in [3.8, 4) is 0 Å². The molecule has 0 atom stereocenters. The van der Waals surface area contributed by atoms with Crippen molar-refractivity contribution >= 4 is 21.9 Å². The van der Waals surface area contributed by atoms with Crippen molar-refractivity contribution in [1.82, 2.24) is 3.97 Å². The Balaban J connectivity index is 0.00000106. The number of ketones is 1. The maximum Gasteiger partial charge on any atom is 0.267 e. The number of hydrogen-bond donors (Lipinski definition) is 0. The molecule has 21 heavy (non-hydrogen) atoms. The van der Waals surface area contributed by atoms with Crippen LogP contribution in [0.2, 0.25) is 0 Å². The summed E-state index contributed by atoms with van der Waals surface area (Å²) in [5.74, 6) is -0.0846. The molecule has 0 N–H and O–H groups in total. The Morgan fingerprint density at radius 3 is 2.29 bits per heavy atom. The van der Waals surface area contributed by atoms with Gasteiger partial charge in [0.2, 0.25) is 0 Å². The minimum absolute atomic E-state index is 0.0846. The number of carbonyl (C=O) groups is 1. The molecule has 0 aliphatic heterocycles. The van der Waals surface area contributed by atoms with Gasteiger partial charge in [-0.1, -0.05) is 32.0 Å². The van der Waals surface area contributed by atoms with Crippen LogP contribution in [0.1, 0.15) is 26.3 Å². The third-order valence-electron chi connectivity index (χ3n) is 2.52. The SMILES string of the molecule is CC.CC(=O)/C=C/c1ccn(S(=O)(=O)c2ccccc2)c1. The Hall–Kier alpha value is -2.14. The van der Waals surface area contributed by atoms with Crippen molar-refractivity contribution in [3.05, 3.63) is 60.4 Å².